The summed E-state index contributed by atoms with van der Waals surface area (Å²) in [5.41, 5.74) is 2.78. The number of sulfone groups is 1. The number of rotatable bonds is 5. The van der Waals surface area contributed by atoms with E-state index in [1.54, 1.807) is 47.9 Å². The summed E-state index contributed by atoms with van der Waals surface area (Å²) in [6.45, 7) is 2.66. The summed E-state index contributed by atoms with van der Waals surface area (Å²) in [5.74, 6) is -0.0269. The van der Waals surface area contributed by atoms with Gasteiger partial charge in [-0.3, -0.25) is 9.36 Å². The zero-order valence-electron chi connectivity index (χ0n) is 17.3. The maximum absolute atomic E-state index is 12.6. The lowest BCUT2D eigenvalue weighted by Crippen LogP contribution is -2.26. The molecule has 0 N–H and O–H groups in total. The number of likely N-dealkylation sites (tertiary alicyclic amines) is 1. The van der Waals surface area contributed by atoms with Crippen molar-refractivity contribution in [1.29, 1.82) is 0 Å². The molecule has 0 aliphatic carbocycles. The first-order chi connectivity index (χ1) is 14.3. The molecule has 1 atom stereocenters. The van der Waals surface area contributed by atoms with E-state index in [1.165, 1.54) is 11.8 Å². The van der Waals surface area contributed by atoms with Crippen LogP contribution in [0.15, 0.2) is 65.0 Å². The minimum absolute atomic E-state index is 0.0269. The number of nitrogens with zero attached hydrogens (tertiary/aromatic N) is 2. The monoisotopic (exact) mass is 422 g/mol. The highest BCUT2D eigenvalue weighted by Gasteiger charge is 2.23. The molecular weight excluding hydrogens is 396 g/mol. The van der Waals surface area contributed by atoms with E-state index in [0.717, 1.165) is 41.4 Å². The molecule has 1 saturated heterocycles. The molecule has 0 saturated carbocycles. The van der Waals surface area contributed by atoms with Crippen LogP contribution in [-0.4, -0.2) is 43.4 Å². The molecule has 156 valence electrons. The Morgan fingerprint density at radius 1 is 1.17 bits per heavy atom. The third-order valence-corrected chi connectivity index (χ3v) is 7.31. The summed E-state index contributed by atoms with van der Waals surface area (Å²) in [7, 11) is -1.36. The van der Waals surface area contributed by atoms with Crippen LogP contribution in [0.25, 0.3) is 17.0 Å². The van der Waals surface area contributed by atoms with Gasteiger partial charge in [-0.1, -0.05) is 24.3 Å². The van der Waals surface area contributed by atoms with Crippen molar-refractivity contribution < 1.29 is 13.2 Å². The zero-order chi connectivity index (χ0) is 21.3. The third-order valence-electron chi connectivity index (χ3n) is 5.89. The summed E-state index contributed by atoms with van der Waals surface area (Å²) in [5, 5.41) is 2.25. The van der Waals surface area contributed by atoms with E-state index in [9.17, 15) is 13.2 Å². The van der Waals surface area contributed by atoms with Crippen LogP contribution in [0.4, 0.5) is 0 Å². The summed E-state index contributed by atoms with van der Waals surface area (Å²) >= 11 is 0. The molecule has 4 rings (SSSR count). The standard InChI is InChI=1S/C24H26N2O3S/c1-18(27)26-17-20(16-21-7-6-13-25(21)2)23-15-19(10-11-24(23)26)12-14-30(28,29)22-8-4-3-5-9-22/h3-5,8-12,14-15,17,21H,6-7,13,16H2,1-2H3/b14-12+/t21-/m1/s1. The highest BCUT2D eigenvalue weighted by molar-refractivity contribution is 7.94. The van der Waals surface area contributed by atoms with E-state index in [-0.39, 0.29) is 10.8 Å². The second kappa shape index (κ2) is 8.20. The number of likely N-dealkylation sites (N-methyl/N-ethyl adjacent to an activating group) is 1. The maximum Gasteiger partial charge on any atom is 0.227 e. The molecule has 0 unspecified atom stereocenters. The normalized spacial score (nSPS) is 17.9. The SMILES string of the molecule is CC(=O)n1cc(C[C@H]2CCCN2C)c2cc(/C=C/S(=O)(=O)c3ccccc3)ccc21. The summed E-state index contributed by atoms with van der Waals surface area (Å²) in [4.78, 5) is 14.8. The number of carbonyl (C=O) groups excluding carboxylic acids is 1. The molecule has 30 heavy (non-hydrogen) atoms. The van der Waals surface area contributed by atoms with Gasteiger partial charge in [-0.25, -0.2) is 8.42 Å². The molecule has 1 fully saturated rings. The first-order valence-electron chi connectivity index (χ1n) is 10.2. The summed E-state index contributed by atoms with van der Waals surface area (Å²) in [6.07, 6.45) is 6.78. The average molecular weight is 423 g/mol. The topological polar surface area (TPSA) is 59.4 Å². The molecule has 2 aromatic carbocycles. The molecule has 0 bridgehead atoms. The van der Waals surface area contributed by atoms with Gasteiger partial charge >= 0.3 is 0 Å². The van der Waals surface area contributed by atoms with Gasteiger partial charge < -0.3 is 4.90 Å². The van der Waals surface area contributed by atoms with E-state index in [2.05, 4.69) is 11.9 Å². The molecule has 1 aliphatic heterocycles. The Hall–Kier alpha value is -2.70. The molecule has 5 nitrogen and oxygen atoms in total. The fourth-order valence-electron chi connectivity index (χ4n) is 4.19. The quantitative estimate of drug-likeness (QED) is 0.612. The lowest BCUT2D eigenvalue weighted by molar-refractivity contribution is 0.0941. The van der Waals surface area contributed by atoms with Gasteiger partial charge in [-0.2, -0.15) is 0 Å². The minimum Gasteiger partial charge on any atom is -0.303 e. The van der Waals surface area contributed by atoms with Gasteiger partial charge in [-0.15, -0.1) is 0 Å². The Morgan fingerprint density at radius 2 is 1.93 bits per heavy atom. The van der Waals surface area contributed by atoms with Crippen molar-refractivity contribution in [2.45, 2.75) is 37.1 Å². The fraction of sp³-hybridized carbons (Fsp3) is 0.292. The maximum atomic E-state index is 12.6. The van der Waals surface area contributed by atoms with Gasteiger partial charge in [0, 0.05) is 30.0 Å². The predicted octanol–water partition coefficient (Wildman–Crippen LogP) is 4.38. The molecule has 0 radical (unpaired) electrons. The van der Waals surface area contributed by atoms with Crippen LogP contribution in [0.5, 0.6) is 0 Å². The first-order valence-corrected chi connectivity index (χ1v) is 11.7. The smallest absolute Gasteiger partial charge is 0.227 e. The van der Waals surface area contributed by atoms with Gasteiger partial charge in [0.2, 0.25) is 5.91 Å². The van der Waals surface area contributed by atoms with Crippen LogP contribution in [0, 0.1) is 0 Å². The van der Waals surface area contributed by atoms with Crippen LogP contribution in [0.3, 0.4) is 0 Å². The second-order valence-corrected chi connectivity index (χ2v) is 9.80. The highest BCUT2D eigenvalue weighted by Crippen LogP contribution is 2.28. The molecule has 3 aromatic rings. The van der Waals surface area contributed by atoms with Crippen LogP contribution < -0.4 is 0 Å². The van der Waals surface area contributed by atoms with Crippen molar-refractivity contribution in [2.75, 3.05) is 13.6 Å². The van der Waals surface area contributed by atoms with Crippen LogP contribution in [-0.2, 0) is 16.3 Å². The van der Waals surface area contributed by atoms with Crippen molar-refractivity contribution in [3.8, 4) is 0 Å². The van der Waals surface area contributed by atoms with E-state index in [0.29, 0.717) is 6.04 Å². The van der Waals surface area contributed by atoms with Gasteiger partial charge in [0.1, 0.15) is 0 Å². The first kappa shape index (κ1) is 20.6. The number of benzene rings is 2. The third kappa shape index (κ3) is 4.11. The van der Waals surface area contributed by atoms with E-state index in [1.807, 2.05) is 24.4 Å². The van der Waals surface area contributed by atoms with Gasteiger partial charge in [-0.05, 0) is 74.3 Å². The van der Waals surface area contributed by atoms with Crippen molar-refractivity contribution >= 4 is 32.7 Å². The highest BCUT2D eigenvalue weighted by atomic mass is 32.2. The number of aromatic nitrogens is 1. The number of hydrogen-bond donors (Lipinski definition) is 0. The van der Waals surface area contributed by atoms with Crippen molar-refractivity contribution in [3.05, 3.63) is 71.3 Å². The Balaban J connectivity index is 1.70. The summed E-state index contributed by atoms with van der Waals surface area (Å²) < 4.78 is 26.8. The zero-order valence-corrected chi connectivity index (χ0v) is 18.1. The predicted molar refractivity (Wildman–Crippen MR) is 120 cm³/mol. The molecule has 1 aromatic heterocycles. The van der Waals surface area contributed by atoms with Gasteiger partial charge in [0.05, 0.1) is 10.4 Å². The van der Waals surface area contributed by atoms with E-state index in [4.69, 9.17) is 0 Å². The Kier molecular flexibility index (Phi) is 5.62. The van der Waals surface area contributed by atoms with E-state index >= 15 is 0 Å². The molecule has 6 heteroatoms. The lowest BCUT2D eigenvalue weighted by Gasteiger charge is -2.18. The van der Waals surface area contributed by atoms with Crippen molar-refractivity contribution in [3.63, 3.8) is 0 Å². The van der Waals surface area contributed by atoms with E-state index < -0.39 is 9.84 Å². The molecular formula is C24H26N2O3S. The Morgan fingerprint density at radius 3 is 2.60 bits per heavy atom. The molecule has 2 heterocycles. The number of carbonyl (C=O) groups is 1. The summed E-state index contributed by atoms with van der Waals surface area (Å²) in [6, 6.07) is 14.6. The molecule has 0 spiro atoms. The van der Waals surface area contributed by atoms with Crippen LogP contribution in [0.2, 0.25) is 0 Å². The van der Waals surface area contributed by atoms with Crippen molar-refractivity contribution in [1.82, 2.24) is 9.47 Å². The number of fused-ring (bicyclic) bond motifs is 1. The minimum atomic E-state index is -3.50. The Labute approximate surface area is 177 Å². The Bertz CT molecular complexity index is 1210. The molecule has 1 aliphatic rings. The second-order valence-electron chi connectivity index (χ2n) is 7.96. The lowest BCUT2D eigenvalue weighted by atomic mass is 10.0. The van der Waals surface area contributed by atoms with Crippen LogP contribution >= 0.6 is 0 Å². The van der Waals surface area contributed by atoms with Gasteiger partial charge in [0.15, 0.2) is 9.84 Å². The molecule has 0 amide bonds. The average Bonchev–Trinajstić information content (AvgIpc) is 3.31. The van der Waals surface area contributed by atoms with Crippen LogP contribution in [0.1, 0.15) is 35.7 Å². The number of hydrogen-bond acceptors (Lipinski definition) is 4. The van der Waals surface area contributed by atoms with Gasteiger partial charge in [0.25, 0.3) is 0 Å². The largest absolute Gasteiger partial charge is 0.303 e. The van der Waals surface area contributed by atoms with Crippen molar-refractivity contribution in [2.24, 2.45) is 0 Å². The fourth-order valence-corrected chi connectivity index (χ4v) is 5.22.